The highest BCUT2D eigenvalue weighted by Crippen LogP contribution is 2.46. The molecule has 4 nitrogen and oxygen atoms in total. The van der Waals surface area contributed by atoms with Crippen molar-refractivity contribution in [3.63, 3.8) is 0 Å². The van der Waals surface area contributed by atoms with Crippen molar-refractivity contribution >= 4 is 26.6 Å². The lowest BCUT2D eigenvalue weighted by Crippen LogP contribution is -2.39. The van der Waals surface area contributed by atoms with Gasteiger partial charge in [0, 0.05) is 0 Å². The van der Waals surface area contributed by atoms with E-state index in [0.717, 1.165) is 30.3 Å². The smallest absolute Gasteiger partial charge is 0.265 e. The predicted molar refractivity (Wildman–Crippen MR) is 149 cm³/mol. The molecule has 11 heteroatoms. The van der Waals surface area contributed by atoms with E-state index in [0.29, 0.717) is 33.0 Å². The topological polar surface area (TPSA) is 55.7 Å². The molecule has 2 atom stereocenters. The van der Waals surface area contributed by atoms with Crippen molar-refractivity contribution in [1.29, 1.82) is 0 Å². The maximum absolute atomic E-state index is 14.8. The van der Waals surface area contributed by atoms with E-state index < -0.39 is 56.0 Å². The van der Waals surface area contributed by atoms with E-state index in [1.54, 1.807) is 36.4 Å². The Hall–Kier alpha value is -3.86. The highest BCUT2D eigenvalue weighted by Gasteiger charge is 2.54. The highest BCUT2D eigenvalue weighted by atomic mass is 32.2. The van der Waals surface area contributed by atoms with Crippen LogP contribution in [0.1, 0.15) is 45.2 Å². The first-order chi connectivity index (χ1) is 19.5. The van der Waals surface area contributed by atoms with Crippen molar-refractivity contribution in [3.8, 4) is 0 Å². The van der Waals surface area contributed by atoms with Crippen LogP contribution in [-0.4, -0.2) is 26.5 Å². The molecule has 0 aliphatic carbocycles. The molecule has 0 saturated carbocycles. The van der Waals surface area contributed by atoms with E-state index in [1.807, 2.05) is 0 Å². The van der Waals surface area contributed by atoms with Crippen molar-refractivity contribution in [1.82, 2.24) is 0 Å². The summed E-state index contributed by atoms with van der Waals surface area (Å²) >= 11 is 0. The van der Waals surface area contributed by atoms with E-state index in [1.165, 1.54) is 39.8 Å². The summed E-state index contributed by atoms with van der Waals surface area (Å²) < 4.78 is 120. The van der Waals surface area contributed by atoms with Crippen molar-refractivity contribution in [2.24, 2.45) is 5.16 Å². The predicted octanol–water partition coefficient (Wildman–Crippen LogP) is 8.83. The highest BCUT2D eigenvalue weighted by molar-refractivity contribution is 7.86. The van der Waals surface area contributed by atoms with Gasteiger partial charge < -0.3 is 0 Å². The minimum atomic E-state index is -5.29. The molecule has 0 spiro atoms. The summed E-state index contributed by atoms with van der Waals surface area (Å²) in [5.41, 5.74) is -1.10. The zero-order valence-electron chi connectivity index (χ0n) is 23.0. The van der Waals surface area contributed by atoms with Gasteiger partial charge in [-0.05, 0) is 61.7 Å². The molecular weight excluding hydrogens is 580 g/mol. The van der Waals surface area contributed by atoms with Crippen LogP contribution in [0.5, 0.6) is 0 Å². The summed E-state index contributed by atoms with van der Waals surface area (Å²) in [4.78, 5) is -0.478. The molecule has 2 unspecified atom stereocenters. The normalized spacial score (nSPS) is 14.0. The van der Waals surface area contributed by atoms with Gasteiger partial charge in [-0.2, -0.15) is 34.8 Å². The Bertz CT molecular complexity index is 1650. The molecule has 0 aliphatic heterocycles. The van der Waals surface area contributed by atoms with Gasteiger partial charge in [-0.25, -0.2) is 0 Å². The average Bonchev–Trinajstić information content (AvgIpc) is 2.84. The first-order valence-electron chi connectivity index (χ1n) is 12.8. The van der Waals surface area contributed by atoms with E-state index in [4.69, 9.17) is 4.28 Å². The van der Waals surface area contributed by atoms with Crippen LogP contribution in [0.3, 0.4) is 0 Å². The van der Waals surface area contributed by atoms with Gasteiger partial charge in [0.05, 0.1) is 5.71 Å². The van der Waals surface area contributed by atoms with Crippen LogP contribution in [0, 0.1) is 27.7 Å². The van der Waals surface area contributed by atoms with Gasteiger partial charge in [0.15, 0.2) is 0 Å². The average molecular weight is 608 g/mol. The van der Waals surface area contributed by atoms with Gasteiger partial charge in [-0.1, -0.05) is 94.1 Å². The van der Waals surface area contributed by atoms with Gasteiger partial charge in [0.1, 0.15) is 16.7 Å². The maximum Gasteiger partial charge on any atom is 0.401 e. The second-order valence-electron chi connectivity index (χ2n) is 10.3. The second-order valence-corrected chi connectivity index (χ2v) is 11.9. The van der Waals surface area contributed by atoms with Crippen molar-refractivity contribution in [3.05, 3.63) is 112 Å². The molecule has 0 saturated heterocycles. The van der Waals surface area contributed by atoms with Crippen LogP contribution in [0.25, 0.3) is 10.8 Å². The fraction of sp³-hybridized carbons (Fsp3) is 0.258. The lowest BCUT2D eigenvalue weighted by Gasteiger charge is -2.30. The molecule has 0 aliphatic rings. The molecule has 0 heterocycles. The summed E-state index contributed by atoms with van der Waals surface area (Å²) in [7, 11) is -4.92. The molecule has 4 aromatic rings. The second kappa shape index (κ2) is 11.4. The van der Waals surface area contributed by atoms with Gasteiger partial charge in [-0.3, -0.25) is 4.28 Å². The Morgan fingerprint density at radius 3 is 1.50 bits per heavy atom. The summed E-state index contributed by atoms with van der Waals surface area (Å²) in [5, 5.41) is 4.38. The number of aryl methyl sites for hydroxylation is 4. The lowest BCUT2D eigenvalue weighted by atomic mass is 9.80. The minimum Gasteiger partial charge on any atom is -0.265 e. The van der Waals surface area contributed by atoms with Gasteiger partial charge in [-0.15, -0.1) is 0 Å². The van der Waals surface area contributed by atoms with Crippen LogP contribution in [-0.2, 0) is 14.4 Å². The quantitative estimate of drug-likeness (QED) is 0.120. The Kier molecular flexibility index (Phi) is 8.46. The zero-order chi connectivity index (χ0) is 31.0. The number of nitrogens with zero attached hydrogens (tertiary/aromatic N) is 1. The Morgan fingerprint density at radius 1 is 0.643 bits per heavy atom. The molecule has 0 fully saturated rings. The molecule has 0 bridgehead atoms. The van der Waals surface area contributed by atoms with Crippen LogP contribution >= 0.6 is 0 Å². The Morgan fingerprint density at radius 2 is 1.07 bits per heavy atom. The number of benzene rings is 4. The lowest BCUT2D eigenvalue weighted by molar-refractivity contribution is -0.148. The first-order valence-corrected chi connectivity index (χ1v) is 14.2. The number of fused-ring (bicyclic) bond motifs is 1. The van der Waals surface area contributed by atoms with Gasteiger partial charge in [0.2, 0.25) is 0 Å². The van der Waals surface area contributed by atoms with Gasteiger partial charge in [0.25, 0.3) is 0 Å². The summed E-state index contributed by atoms with van der Waals surface area (Å²) in [6.07, 6.45) is -10.6. The van der Waals surface area contributed by atoms with Crippen molar-refractivity contribution in [2.45, 2.75) is 56.8 Å². The van der Waals surface area contributed by atoms with E-state index in [2.05, 4.69) is 5.16 Å². The zero-order valence-corrected chi connectivity index (χ0v) is 23.8. The third-order valence-corrected chi connectivity index (χ3v) is 7.75. The van der Waals surface area contributed by atoms with E-state index in [9.17, 15) is 34.8 Å². The number of hydrogen-bond donors (Lipinski definition) is 0. The number of oxime groups is 1. The SMILES string of the molecule is Cc1cc(C)cc(C(C(=NOS(=O)(=O)c2ccc3ccccc3c2)C(c2cc(C)cc(C)c2)C(F)(F)F)C(F)(F)F)c1. The first kappa shape index (κ1) is 31.1. The molecule has 0 aromatic heterocycles. The monoisotopic (exact) mass is 607 g/mol. The number of rotatable bonds is 7. The molecule has 0 amide bonds. The standard InChI is InChI=1S/C31H27F6NO3S/c1-18-11-19(2)14-24(13-18)27(30(32,33)34)29(28(31(35,36)37)25-15-20(3)12-21(4)16-25)38-41-42(39,40)26-10-9-22-7-5-6-8-23(22)17-26/h5-17,27-28H,1-4H3. The molecule has 4 rings (SSSR count). The van der Waals surface area contributed by atoms with Crippen LogP contribution in [0.15, 0.2) is 88.9 Å². The van der Waals surface area contributed by atoms with Gasteiger partial charge >= 0.3 is 22.5 Å². The minimum absolute atomic E-state index is 0.373. The molecule has 0 radical (unpaired) electrons. The summed E-state index contributed by atoms with van der Waals surface area (Å²) in [5.74, 6) is -5.87. The number of alkyl halides is 6. The number of hydrogen-bond acceptors (Lipinski definition) is 4. The van der Waals surface area contributed by atoms with Crippen LogP contribution in [0.2, 0.25) is 0 Å². The molecule has 0 N–H and O–H groups in total. The fourth-order valence-electron chi connectivity index (χ4n) is 5.14. The Labute approximate surface area is 239 Å². The third-order valence-electron chi connectivity index (χ3n) is 6.65. The Balaban J connectivity index is 1.97. The molecule has 42 heavy (non-hydrogen) atoms. The van der Waals surface area contributed by atoms with E-state index >= 15 is 0 Å². The summed E-state index contributed by atoms with van der Waals surface area (Å²) in [6.45, 7) is 6.03. The van der Waals surface area contributed by atoms with Crippen LogP contribution in [0.4, 0.5) is 26.3 Å². The molecular formula is C31H27F6NO3S. The van der Waals surface area contributed by atoms with Crippen LogP contribution < -0.4 is 0 Å². The fourth-order valence-corrected chi connectivity index (χ4v) is 5.91. The van der Waals surface area contributed by atoms with Crippen molar-refractivity contribution in [2.75, 3.05) is 0 Å². The molecule has 222 valence electrons. The molecule has 4 aromatic carbocycles. The third kappa shape index (κ3) is 6.95. The largest absolute Gasteiger partial charge is 0.401 e. The van der Waals surface area contributed by atoms with E-state index in [-0.39, 0.29) is 0 Å². The summed E-state index contributed by atoms with van der Waals surface area (Å²) in [6, 6.07) is 18.0. The van der Waals surface area contributed by atoms with Crippen molar-refractivity contribution < 1.29 is 39.0 Å². The maximum atomic E-state index is 14.8. The number of halogens is 6.